The maximum atomic E-state index is 13.4. The van der Waals surface area contributed by atoms with Crippen LogP contribution < -0.4 is 9.64 Å². The average molecular weight is 371 g/mol. The molecule has 3 aliphatic rings. The number of carbonyl (C=O) groups is 2. The summed E-state index contributed by atoms with van der Waals surface area (Å²) < 4.78 is 5.41. The van der Waals surface area contributed by atoms with Gasteiger partial charge in [0.2, 0.25) is 11.8 Å². The van der Waals surface area contributed by atoms with Gasteiger partial charge in [0, 0.05) is 38.1 Å². The van der Waals surface area contributed by atoms with Crippen molar-refractivity contribution >= 4 is 17.5 Å². The number of carbonyl (C=O) groups excluding carboxylic acids is 2. The second-order valence-electron chi connectivity index (χ2n) is 8.20. The van der Waals surface area contributed by atoms with Gasteiger partial charge in [0.25, 0.3) is 0 Å². The first kappa shape index (κ1) is 18.3. The van der Waals surface area contributed by atoms with Crippen LogP contribution in [-0.4, -0.2) is 67.5 Å². The molecule has 27 heavy (non-hydrogen) atoms. The topological polar surface area (TPSA) is 53.1 Å². The van der Waals surface area contributed by atoms with E-state index in [0.717, 1.165) is 51.0 Å². The van der Waals surface area contributed by atoms with Crippen LogP contribution in [0, 0.1) is 5.92 Å². The van der Waals surface area contributed by atoms with E-state index in [1.54, 1.807) is 12.0 Å². The minimum absolute atomic E-state index is 0.00877. The van der Waals surface area contributed by atoms with Crippen LogP contribution >= 0.6 is 0 Å². The molecular weight excluding hydrogens is 342 g/mol. The number of hydrogen-bond donors (Lipinski definition) is 0. The van der Waals surface area contributed by atoms with Crippen molar-refractivity contribution in [3.8, 4) is 5.75 Å². The summed E-state index contributed by atoms with van der Waals surface area (Å²) in [6, 6.07) is 7.53. The Hall–Kier alpha value is -2.08. The maximum Gasteiger partial charge on any atom is 0.228 e. The van der Waals surface area contributed by atoms with E-state index < -0.39 is 0 Å². The van der Waals surface area contributed by atoms with Gasteiger partial charge in [-0.15, -0.1) is 0 Å². The highest BCUT2D eigenvalue weighted by molar-refractivity contribution is 6.01. The number of piperidine rings is 1. The number of likely N-dealkylation sites (tertiary alicyclic amines) is 2. The van der Waals surface area contributed by atoms with Gasteiger partial charge in [0.05, 0.1) is 18.7 Å². The molecule has 1 atom stereocenters. The standard InChI is InChI=1S/C21H29N3O3/c1-22-12-9-21(10-13-22)8-5-11-24(21)20(26)16-14-19(25)23(15-16)17-6-3-4-7-18(17)27-2/h3-4,6-7,16H,5,8-15H2,1-2H3. The van der Waals surface area contributed by atoms with Gasteiger partial charge in [-0.25, -0.2) is 0 Å². The number of ether oxygens (including phenoxy) is 1. The van der Waals surface area contributed by atoms with Crippen LogP contribution in [0.25, 0.3) is 0 Å². The zero-order chi connectivity index (χ0) is 19.0. The van der Waals surface area contributed by atoms with E-state index in [1.807, 2.05) is 24.3 Å². The fourth-order valence-electron chi connectivity index (χ4n) is 5.02. The molecule has 1 aromatic rings. The highest BCUT2D eigenvalue weighted by Crippen LogP contribution is 2.41. The smallest absolute Gasteiger partial charge is 0.228 e. The van der Waals surface area contributed by atoms with Crippen molar-refractivity contribution in [2.75, 3.05) is 45.2 Å². The Kier molecular flexibility index (Phi) is 4.84. The molecule has 0 saturated carbocycles. The van der Waals surface area contributed by atoms with Crippen LogP contribution in [0.15, 0.2) is 24.3 Å². The Balaban J connectivity index is 1.51. The van der Waals surface area contributed by atoms with Crippen molar-refractivity contribution in [1.82, 2.24) is 9.80 Å². The van der Waals surface area contributed by atoms with E-state index in [-0.39, 0.29) is 23.3 Å². The lowest BCUT2D eigenvalue weighted by atomic mass is 9.84. The lowest BCUT2D eigenvalue weighted by Crippen LogP contribution is -2.55. The summed E-state index contributed by atoms with van der Waals surface area (Å²) in [4.78, 5) is 32.2. The van der Waals surface area contributed by atoms with Crippen molar-refractivity contribution in [2.24, 2.45) is 5.92 Å². The Labute approximate surface area is 161 Å². The predicted molar refractivity (Wildman–Crippen MR) is 104 cm³/mol. The van der Waals surface area contributed by atoms with E-state index in [2.05, 4.69) is 16.8 Å². The summed E-state index contributed by atoms with van der Waals surface area (Å²) in [7, 11) is 3.75. The Bertz CT molecular complexity index is 727. The van der Waals surface area contributed by atoms with Gasteiger partial charge in [-0.05, 0) is 44.9 Å². The number of hydrogen-bond acceptors (Lipinski definition) is 4. The van der Waals surface area contributed by atoms with Crippen molar-refractivity contribution in [1.29, 1.82) is 0 Å². The molecule has 6 heteroatoms. The molecule has 3 heterocycles. The van der Waals surface area contributed by atoms with E-state index in [9.17, 15) is 9.59 Å². The Morgan fingerprint density at radius 3 is 2.63 bits per heavy atom. The summed E-state index contributed by atoms with van der Waals surface area (Å²) in [5.41, 5.74) is 0.778. The number of nitrogens with zero attached hydrogens (tertiary/aromatic N) is 3. The zero-order valence-corrected chi connectivity index (χ0v) is 16.3. The first-order valence-electron chi connectivity index (χ1n) is 9.97. The van der Waals surface area contributed by atoms with Crippen molar-refractivity contribution < 1.29 is 14.3 Å². The zero-order valence-electron chi connectivity index (χ0n) is 16.3. The summed E-state index contributed by atoms with van der Waals surface area (Å²) in [5, 5.41) is 0. The van der Waals surface area contributed by atoms with Gasteiger partial charge in [-0.1, -0.05) is 12.1 Å². The fraction of sp³-hybridized carbons (Fsp3) is 0.619. The van der Waals surface area contributed by atoms with Crippen LogP contribution in [0.1, 0.15) is 32.1 Å². The van der Waals surface area contributed by atoms with Gasteiger partial charge in [0.15, 0.2) is 0 Å². The third kappa shape index (κ3) is 3.20. The lowest BCUT2D eigenvalue weighted by Gasteiger charge is -2.45. The molecule has 3 fully saturated rings. The van der Waals surface area contributed by atoms with E-state index in [1.165, 1.54) is 0 Å². The molecule has 2 amide bonds. The Morgan fingerprint density at radius 1 is 1.15 bits per heavy atom. The van der Waals surface area contributed by atoms with Crippen LogP contribution in [0.3, 0.4) is 0 Å². The molecule has 0 aromatic heterocycles. The van der Waals surface area contributed by atoms with Gasteiger partial charge in [0.1, 0.15) is 5.75 Å². The first-order valence-corrected chi connectivity index (χ1v) is 9.97. The normalized spacial score (nSPS) is 25.4. The molecule has 0 radical (unpaired) electrons. The second-order valence-corrected chi connectivity index (χ2v) is 8.20. The number of methoxy groups -OCH3 is 1. The molecule has 0 bridgehead atoms. The molecule has 0 aliphatic carbocycles. The molecule has 146 valence electrons. The monoisotopic (exact) mass is 371 g/mol. The highest BCUT2D eigenvalue weighted by atomic mass is 16.5. The molecule has 4 rings (SSSR count). The largest absolute Gasteiger partial charge is 0.495 e. The van der Waals surface area contributed by atoms with E-state index in [0.29, 0.717) is 18.7 Å². The van der Waals surface area contributed by atoms with E-state index in [4.69, 9.17) is 4.74 Å². The summed E-state index contributed by atoms with van der Waals surface area (Å²) in [6.45, 7) is 3.37. The Morgan fingerprint density at radius 2 is 1.89 bits per heavy atom. The molecule has 6 nitrogen and oxygen atoms in total. The van der Waals surface area contributed by atoms with Gasteiger partial charge in [-0.2, -0.15) is 0 Å². The third-order valence-corrected chi connectivity index (χ3v) is 6.63. The molecule has 1 aromatic carbocycles. The van der Waals surface area contributed by atoms with Crippen LogP contribution in [-0.2, 0) is 9.59 Å². The quantitative estimate of drug-likeness (QED) is 0.817. The number of anilines is 1. The van der Waals surface area contributed by atoms with Crippen LogP contribution in [0.4, 0.5) is 5.69 Å². The minimum atomic E-state index is -0.253. The van der Waals surface area contributed by atoms with Crippen molar-refractivity contribution in [2.45, 2.75) is 37.6 Å². The van der Waals surface area contributed by atoms with Crippen LogP contribution in [0.5, 0.6) is 5.75 Å². The molecule has 1 spiro atoms. The number of amides is 2. The fourth-order valence-corrected chi connectivity index (χ4v) is 5.02. The molecule has 0 N–H and O–H groups in total. The average Bonchev–Trinajstić information content (AvgIpc) is 3.27. The number of rotatable bonds is 3. The van der Waals surface area contributed by atoms with Gasteiger partial charge in [-0.3, -0.25) is 9.59 Å². The van der Waals surface area contributed by atoms with Crippen LogP contribution in [0.2, 0.25) is 0 Å². The predicted octanol–water partition coefficient (Wildman–Crippen LogP) is 2.13. The van der Waals surface area contributed by atoms with Crippen molar-refractivity contribution in [3.05, 3.63) is 24.3 Å². The lowest BCUT2D eigenvalue weighted by molar-refractivity contribution is -0.141. The summed E-state index contributed by atoms with van der Waals surface area (Å²) >= 11 is 0. The van der Waals surface area contributed by atoms with Gasteiger partial charge >= 0.3 is 0 Å². The number of para-hydroxylation sites is 2. The third-order valence-electron chi connectivity index (χ3n) is 6.63. The molecule has 3 saturated heterocycles. The summed E-state index contributed by atoms with van der Waals surface area (Å²) in [5.74, 6) is 0.598. The highest BCUT2D eigenvalue weighted by Gasteiger charge is 2.48. The second kappa shape index (κ2) is 7.15. The maximum absolute atomic E-state index is 13.4. The number of benzene rings is 1. The minimum Gasteiger partial charge on any atom is -0.495 e. The van der Waals surface area contributed by atoms with Gasteiger partial charge < -0.3 is 19.4 Å². The molecule has 3 aliphatic heterocycles. The SMILES string of the molecule is COc1ccccc1N1CC(C(=O)N2CCCC23CCN(C)CC3)CC1=O. The molecule has 1 unspecified atom stereocenters. The summed E-state index contributed by atoms with van der Waals surface area (Å²) in [6.07, 6.45) is 4.57. The van der Waals surface area contributed by atoms with E-state index >= 15 is 0 Å². The first-order chi connectivity index (χ1) is 13.0. The van der Waals surface area contributed by atoms with Crippen molar-refractivity contribution in [3.63, 3.8) is 0 Å². The molecular formula is C21H29N3O3.